The number of carbonyl (C=O) groups excluding carboxylic acids is 2. The average Bonchev–Trinajstić information content (AvgIpc) is 2.65. The van der Waals surface area contributed by atoms with Gasteiger partial charge in [-0.15, -0.1) is 0 Å². The molecule has 0 aliphatic carbocycles. The van der Waals surface area contributed by atoms with Crippen LogP contribution < -0.4 is 10.7 Å². The quantitative estimate of drug-likeness (QED) is 0.550. The summed E-state index contributed by atoms with van der Waals surface area (Å²) < 4.78 is 0. The second kappa shape index (κ2) is 9.22. The van der Waals surface area contributed by atoms with Crippen LogP contribution in [0.25, 0.3) is 0 Å². The molecule has 7 nitrogen and oxygen atoms in total. The molecule has 2 aromatic rings. The summed E-state index contributed by atoms with van der Waals surface area (Å²) in [5, 5.41) is 15.9. The van der Waals surface area contributed by atoms with Gasteiger partial charge in [0.25, 0.3) is 5.91 Å². The number of anilines is 1. The second-order valence-electron chi connectivity index (χ2n) is 5.47. The summed E-state index contributed by atoms with van der Waals surface area (Å²) in [5.41, 5.74) is 4.22. The lowest BCUT2D eigenvalue weighted by atomic mass is 10.2. The number of hydrogen-bond acceptors (Lipinski definition) is 4. The predicted molar refractivity (Wildman–Crippen MR) is 102 cm³/mol. The Morgan fingerprint density at radius 3 is 2.23 bits per heavy atom. The lowest BCUT2D eigenvalue weighted by Gasteiger charge is -2.19. The fourth-order valence-corrected chi connectivity index (χ4v) is 2.21. The SMILES string of the molecule is CCN(CC)C(=O)Nc1ccc(C(=O)N/N=C/c2ccc(O)cc2)cc1. The van der Waals surface area contributed by atoms with Gasteiger partial charge < -0.3 is 15.3 Å². The number of carbonyl (C=O) groups is 2. The van der Waals surface area contributed by atoms with E-state index in [-0.39, 0.29) is 17.7 Å². The van der Waals surface area contributed by atoms with Crippen LogP contribution in [0.15, 0.2) is 53.6 Å². The first kappa shape index (κ1) is 19.0. The smallest absolute Gasteiger partial charge is 0.321 e. The van der Waals surface area contributed by atoms with Crippen molar-refractivity contribution in [3.8, 4) is 5.75 Å². The molecule has 0 saturated heterocycles. The molecule has 0 atom stereocenters. The Bertz CT molecular complexity index is 766. The molecule has 7 heteroatoms. The molecular formula is C19H22N4O3. The highest BCUT2D eigenvalue weighted by molar-refractivity contribution is 5.96. The largest absolute Gasteiger partial charge is 0.508 e. The summed E-state index contributed by atoms with van der Waals surface area (Å²) in [6, 6.07) is 12.8. The number of rotatable bonds is 6. The van der Waals surface area contributed by atoms with E-state index in [0.29, 0.717) is 24.3 Å². The lowest BCUT2D eigenvalue weighted by Crippen LogP contribution is -2.34. The zero-order valence-electron chi connectivity index (χ0n) is 14.8. The summed E-state index contributed by atoms with van der Waals surface area (Å²) in [6.07, 6.45) is 1.48. The van der Waals surface area contributed by atoms with Crippen LogP contribution >= 0.6 is 0 Å². The van der Waals surface area contributed by atoms with Crippen molar-refractivity contribution in [1.29, 1.82) is 0 Å². The maximum atomic E-state index is 12.1. The minimum absolute atomic E-state index is 0.166. The number of benzene rings is 2. The normalized spacial score (nSPS) is 10.5. The molecule has 0 aromatic heterocycles. The van der Waals surface area contributed by atoms with Gasteiger partial charge in [0, 0.05) is 24.3 Å². The number of nitrogens with one attached hydrogen (secondary N) is 2. The first-order valence-corrected chi connectivity index (χ1v) is 8.32. The van der Waals surface area contributed by atoms with E-state index in [1.165, 1.54) is 18.3 Å². The number of hydrazone groups is 1. The summed E-state index contributed by atoms with van der Waals surface area (Å²) in [7, 11) is 0. The molecule has 0 radical (unpaired) electrons. The Hall–Kier alpha value is -3.35. The summed E-state index contributed by atoms with van der Waals surface area (Å²) in [5.74, 6) is -0.194. The molecule has 136 valence electrons. The van der Waals surface area contributed by atoms with E-state index in [4.69, 9.17) is 0 Å². The van der Waals surface area contributed by atoms with Crippen molar-refractivity contribution in [1.82, 2.24) is 10.3 Å². The van der Waals surface area contributed by atoms with Crippen molar-refractivity contribution < 1.29 is 14.7 Å². The zero-order chi connectivity index (χ0) is 18.9. The van der Waals surface area contributed by atoms with Gasteiger partial charge in [-0.2, -0.15) is 5.10 Å². The molecule has 0 unspecified atom stereocenters. The van der Waals surface area contributed by atoms with E-state index < -0.39 is 0 Å². The van der Waals surface area contributed by atoms with E-state index >= 15 is 0 Å². The Morgan fingerprint density at radius 1 is 1.04 bits per heavy atom. The molecule has 2 aromatic carbocycles. The molecule has 3 N–H and O–H groups in total. The van der Waals surface area contributed by atoms with Crippen LogP contribution in [0.2, 0.25) is 0 Å². The van der Waals surface area contributed by atoms with Crippen LogP contribution in [-0.2, 0) is 0 Å². The van der Waals surface area contributed by atoms with Gasteiger partial charge in [-0.1, -0.05) is 0 Å². The van der Waals surface area contributed by atoms with Crippen LogP contribution in [0.5, 0.6) is 5.75 Å². The van der Waals surface area contributed by atoms with E-state index in [1.807, 2.05) is 13.8 Å². The van der Waals surface area contributed by atoms with E-state index in [9.17, 15) is 14.7 Å². The van der Waals surface area contributed by atoms with Gasteiger partial charge in [0.1, 0.15) is 5.75 Å². The van der Waals surface area contributed by atoms with Gasteiger partial charge in [-0.25, -0.2) is 10.2 Å². The van der Waals surface area contributed by atoms with Crippen LogP contribution in [0.3, 0.4) is 0 Å². The van der Waals surface area contributed by atoms with E-state index in [1.54, 1.807) is 41.3 Å². The van der Waals surface area contributed by atoms with Crippen LogP contribution in [0, 0.1) is 0 Å². The average molecular weight is 354 g/mol. The second-order valence-corrected chi connectivity index (χ2v) is 5.47. The number of phenolic OH excluding ortho intramolecular Hbond substituents is 1. The van der Waals surface area contributed by atoms with E-state index in [0.717, 1.165) is 5.56 Å². The maximum absolute atomic E-state index is 12.1. The molecule has 2 rings (SSSR count). The number of amides is 3. The number of phenols is 1. The Labute approximate surface area is 152 Å². The van der Waals surface area contributed by atoms with Gasteiger partial charge in [0.15, 0.2) is 0 Å². The lowest BCUT2D eigenvalue weighted by molar-refractivity contribution is 0.0955. The van der Waals surface area contributed by atoms with Crippen LogP contribution in [0.4, 0.5) is 10.5 Å². The number of hydrogen-bond donors (Lipinski definition) is 3. The Balaban J connectivity index is 1.91. The zero-order valence-corrected chi connectivity index (χ0v) is 14.8. The fraction of sp³-hybridized carbons (Fsp3) is 0.211. The molecular weight excluding hydrogens is 332 g/mol. The van der Waals surface area contributed by atoms with Gasteiger partial charge in [0.2, 0.25) is 0 Å². The summed E-state index contributed by atoms with van der Waals surface area (Å²) >= 11 is 0. The molecule has 0 saturated carbocycles. The van der Waals surface area contributed by atoms with Crippen molar-refractivity contribution in [3.05, 3.63) is 59.7 Å². The van der Waals surface area contributed by atoms with Crippen molar-refractivity contribution in [2.45, 2.75) is 13.8 Å². The third-order valence-electron chi connectivity index (χ3n) is 3.72. The van der Waals surface area contributed by atoms with Gasteiger partial charge in [-0.05, 0) is 67.9 Å². The molecule has 0 fully saturated rings. The predicted octanol–water partition coefficient (Wildman–Crippen LogP) is 3.03. The highest BCUT2D eigenvalue weighted by Gasteiger charge is 2.10. The third-order valence-corrected chi connectivity index (χ3v) is 3.72. The molecule has 0 bridgehead atoms. The Morgan fingerprint density at radius 2 is 1.65 bits per heavy atom. The molecule has 0 aliphatic heterocycles. The molecule has 26 heavy (non-hydrogen) atoms. The topological polar surface area (TPSA) is 94.0 Å². The van der Waals surface area contributed by atoms with Crippen LogP contribution in [0.1, 0.15) is 29.8 Å². The Kier molecular flexibility index (Phi) is 6.73. The first-order valence-electron chi connectivity index (χ1n) is 8.32. The van der Waals surface area contributed by atoms with Crippen molar-refractivity contribution in [2.24, 2.45) is 5.10 Å². The van der Waals surface area contributed by atoms with Gasteiger partial charge in [0.05, 0.1) is 6.21 Å². The van der Waals surface area contributed by atoms with Gasteiger partial charge in [-0.3, -0.25) is 4.79 Å². The van der Waals surface area contributed by atoms with Gasteiger partial charge >= 0.3 is 6.03 Å². The standard InChI is InChI=1S/C19H22N4O3/c1-3-23(4-2)19(26)21-16-9-7-15(8-10-16)18(25)22-20-13-14-5-11-17(24)12-6-14/h5-13,24H,3-4H2,1-2H3,(H,21,26)(H,22,25)/b20-13+. The van der Waals surface area contributed by atoms with E-state index in [2.05, 4.69) is 15.8 Å². The highest BCUT2D eigenvalue weighted by atomic mass is 16.3. The fourth-order valence-electron chi connectivity index (χ4n) is 2.21. The number of aromatic hydroxyl groups is 1. The molecule has 0 heterocycles. The molecule has 0 aliphatic rings. The summed E-state index contributed by atoms with van der Waals surface area (Å²) in [4.78, 5) is 25.7. The molecule has 0 spiro atoms. The minimum Gasteiger partial charge on any atom is -0.508 e. The monoisotopic (exact) mass is 354 g/mol. The van der Waals surface area contributed by atoms with Crippen LogP contribution in [-0.4, -0.2) is 41.2 Å². The van der Waals surface area contributed by atoms with Crippen molar-refractivity contribution in [2.75, 3.05) is 18.4 Å². The number of urea groups is 1. The minimum atomic E-state index is -0.360. The molecule has 3 amide bonds. The van der Waals surface area contributed by atoms with Crippen molar-refractivity contribution in [3.63, 3.8) is 0 Å². The highest BCUT2D eigenvalue weighted by Crippen LogP contribution is 2.11. The summed E-state index contributed by atoms with van der Waals surface area (Å²) in [6.45, 7) is 5.08. The maximum Gasteiger partial charge on any atom is 0.321 e. The van der Waals surface area contributed by atoms with Crippen molar-refractivity contribution >= 4 is 23.8 Å². The first-order chi connectivity index (χ1) is 12.5. The third kappa shape index (κ3) is 5.34. The number of nitrogens with zero attached hydrogens (tertiary/aromatic N) is 2.